The number of esters is 1. The van der Waals surface area contributed by atoms with Crippen molar-refractivity contribution in [2.24, 2.45) is 34.5 Å². The van der Waals surface area contributed by atoms with E-state index in [0.29, 0.717) is 43.5 Å². The van der Waals surface area contributed by atoms with Crippen LogP contribution in [0.1, 0.15) is 72.6 Å². The fourth-order valence-electron chi connectivity index (χ4n) is 9.02. The average Bonchev–Trinajstić information content (AvgIpc) is 3.45. The molecule has 4 aliphatic carbocycles. The molecule has 37 heavy (non-hydrogen) atoms. The number of carbonyl (C=O) groups excluding carboxylic acids is 1. The van der Waals surface area contributed by atoms with Crippen molar-refractivity contribution in [1.82, 2.24) is 0 Å². The fraction of sp³-hybridized carbons (Fsp3) is 0.774. The summed E-state index contributed by atoms with van der Waals surface area (Å²) in [5.74, 6) is 1.05. The van der Waals surface area contributed by atoms with Crippen molar-refractivity contribution < 1.29 is 28.5 Å². The zero-order valence-electron chi connectivity index (χ0n) is 23.0. The Morgan fingerprint density at radius 1 is 1.14 bits per heavy atom. The van der Waals surface area contributed by atoms with Gasteiger partial charge in [0, 0.05) is 24.9 Å². The largest absolute Gasteiger partial charge is 0.462 e. The minimum atomic E-state index is -0.693. The van der Waals surface area contributed by atoms with Crippen molar-refractivity contribution in [3.8, 4) is 0 Å². The molecule has 1 unspecified atom stereocenters. The second-order valence-electron chi connectivity index (χ2n) is 12.7. The predicted molar refractivity (Wildman–Crippen MR) is 139 cm³/mol. The minimum absolute atomic E-state index is 0.0508. The number of allylic oxidation sites excluding steroid dienone is 3. The van der Waals surface area contributed by atoms with E-state index in [0.717, 1.165) is 45.1 Å². The lowest BCUT2D eigenvalue weighted by atomic mass is 9.45. The molecule has 0 radical (unpaired) electrons. The molecule has 6 heteroatoms. The normalized spacial score (nSPS) is 45.3. The molecule has 0 aromatic rings. The van der Waals surface area contributed by atoms with Crippen molar-refractivity contribution in [1.29, 1.82) is 0 Å². The Hall–Kier alpha value is -1.47. The topological polar surface area (TPSA) is 63.2 Å². The predicted octanol–water partition coefficient (Wildman–Crippen LogP) is 5.73. The molecule has 6 rings (SSSR count). The van der Waals surface area contributed by atoms with Crippen LogP contribution in [0.4, 0.5) is 0 Å². The van der Waals surface area contributed by atoms with Crippen molar-refractivity contribution in [3.05, 3.63) is 35.5 Å². The summed E-state index contributed by atoms with van der Waals surface area (Å²) in [5.41, 5.74) is 2.84. The maximum atomic E-state index is 11.4. The quantitative estimate of drug-likeness (QED) is 0.354. The van der Waals surface area contributed by atoms with Crippen LogP contribution in [0.5, 0.6) is 0 Å². The lowest BCUT2D eigenvalue weighted by molar-refractivity contribution is -0.234. The van der Waals surface area contributed by atoms with Gasteiger partial charge in [0.05, 0.1) is 19.3 Å². The van der Waals surface area contributed by atoms with Gasteiger partial charge in [-0.25, -0.2) is 0 Å². The molecule has 3 saturated carbocycles. The van der Waals surface area contributed by atoms with Gasteiger partial charge >= 0.3 is 5.97 Å². The number of rotatable bonds is 4. The average molecular weight is 513 g/mol. The molecule has 0 amide bonds. The molecule has 0 N–H and O–H groups in total. The highest BCUT2D eigenvalue weighted by atomic mass is 16.7. The molecular formula is C31H44O6. The van der Waals surface area contributed by atoms with Gasteiger partial charge < -0.3 is 23.7 Å². The first-order chi connectivity index (χ1) is 17.7. The van der Waals surface area contributed by atoms with E-state index >= 15 is 0 Å². The summed E-state index contributed by atoms with van der Waals surface area (Å²) in [5, 5.41) is 0. The first-order valence-electron chi connectivity index (χ1n) is 14.6. The third-order valence-corrected chi connectivity index (χ3v) is 10.6. The van der Waals surface area contributed by atoms with Gasteiger partial charge in [0.1, 0.15) is 6.61 Å². The van der Waals surface area contributed by atoms with Crippen molar-refractivity contribution in [2.45, 2.75) is 90.8 Å². The van der Waals surface area contributed by atoms with Gasteiger partial charge in [0.15, 0.2) is 6.29 Å². The monoisotopic (exact) mass is 512 g/mol. The Kier molecular flexibility index (Phi) is 6.70. The van der Waals surface area contributed by atoms with E-state index in [1.54, 1.807) is 0 Å². The number of fused-ring (bicyclic) bond motifs is 5. The Morgan fingerprint density at radius 3 is 2.68 bits per heavy atom. The second-order valence-corrected chi connectivity index (χ2v) is 12.7. The smallest absolute Gasteiger partial charge is 0.302 e. The van der Waals surface area contributed by atoms with E-state index in [1.807, 2.05) is 0 Å². The summed E-state index contributed by atoms with van der Waals surface area (Å²) in [4.78, 5) is 11.4. The van der Waals surface area contributed by atoms with Gasteiger partial charge in [-0.3, -0.25) is 4.79 Å². The Labute approximate surface area is 221 Å². The van der Waals surface area contributed by atoms with Crippen molar-refractivity contribution in [2.75, 3.05) is 26.4 Å². The zero-order valence-corrected chi connectivity index (χ0v) is 23.0. The Morgan fingerprint density at radius 2 is 1.95 bits per heavy atom. The highest BCUT2D eigenvalue weighted by Crippen LogP contribution is 2.67. The summed E-state index contributed by atoms with van der Waals surface area (Å²) in [7, 11) is 0. The van der Waals surface area contributed by atoms with Crippen molar-refractivity contribution >= 4 is 5.97 Å². The molecule has 0 bridgehead atoms. The van der Waals surface area contributed by atoms with Gasteiger partial charge in [0.2, 0.25) is 5.79 Å². The third kappa shape index (κ3) is 4.36. The molecule has 204 valence electrons. The standard InChI is InChI=1S/C31H44O6/c1-20-17-23-24-9-8-22(10-14-33-21(2)32)30(24,4)19-26(37-27-7-5-6-13-34-27)28(23)29(3)11-12-31(18-25(20)29)35-15-16-36-31/h10-12,18,20,23-24,26-28H,5-9,13-17,19H2,1-4H3/b22-10+/t20-,23-,24-,26-,27?,28+,29-,30+/m0/s1. The summed E-state index contributed by atoms with van der Waals surface area (Å²) >= 11 is 0. The molecule has 6 nitrogen and oxygen atoms in total. The molecular weight excluding hydrogens is 468 g/mol. The summed E-state index contributed by atoms with van der Waals surface area (Å²) < 4.78 is 30.6. The minimum Gasteiger partial charge on any atom is -0.462 e. The van der Waals surface area contributed by atoms with Gasteiger partial charge in [-0.1, -0.05) is 38.0 Å². The fourth-order valence-corrected chi connectivity index (χ4v) is 9.02. The highest BCUT2D eigenvalue weighted by Gasteiger charge is 2.63. The molecule has 2 saturated heterocycles. The van der Waals surface area contributed by atoms with Crippen LogP contribution in [0.2, 0.25) is 0 Å². The first-order valence-corrected chi connectivity index (χ1v) is 14.6. The van der Waals surface area contributed by atoms with E-state index in [2.05, 4.69) is 45.1 Å². The van der Waals surface area contributed by atoms with Gasteiger partial charge in [0.25, 0.3) is 0 Å². The maximum Gasteiger partial charge on any atom is 0.302 e. The number of hydrogen-bond acceptors (Lipinski definition) is 6. The van der Waals surface area contributed by atoms with Crippen LogP contribution < -0.4 is 0 Å². The molecule has 8 atom stereocenters. The van der Waals surface area contributed by atoms with Gasteiger partial charge in [-0.05, 0) is 86.3 Å². The lowest BCUT2D eigenvalue weighted by Gasteiger charge is -2.61. The lowest BCUT2D eigenvalue weighted by Crippen LogP contribution is -2.58. The first kappa shape index (κ1) is 25.8. The summed E-state index contributed by atoms with van der Waals surface area (Å²) in [6.07, 6.45) is 16.7. The van der Waals surface area contributed by atoms with Crippen LogP contribution in [0.25, 0.3) is 0 Å². The summed E-state index contributed by atoms with van der Waals surface area (Å²) in [6, 6.07) is 0. The Bertz CT molecular complexity index is 986. The molecule has 0 aromatic heterocycles. The summed E-state index contributed by atoms with van der Waals surface area (Å²) in [6.45, 7) is 11.2. The molecule has 2 heterocycles. The third-order valence-electron chi connectivity index (χ3n) is 10.6. The molecule has 5 fully saturated rings. The van der Waals surface area contributed by atoms with E-state index in [-0.39, 0.29) is 29.2 Å². The van der Waals surface area contributed by atoms with Crippen LogP contribution >= 0.6 is 0 Å². The molecule has 2 aliphatic heterocycles. The zero-order chi connectivity index (χ0) is 25.8. The van der Waals surface area contributed by atoms with E-state index in [4.69, 9.17) is 23.7 Å². The second kappa shape index (κ2) is 9.62. The van der Waals surface area contributed by atoms with Crippen LogP contribution in [0.15, 0.2) is 35.5 Å². The van der Waals surface area contributed by atoms with E-state index < -0.39 is 5.79 Å². The highest BCUT2D eigenvalue weighted by molar-refractivity contribution is 5.66. The number of carbonyl (C=O) groups is 1. The molecule has 6 aliphatic rings. The maximum absolute atomic E-state index is 11.4. The van der Waals surface area contributed by atoms with Crippen molar-refractivity contribution in [3.63, 3.8) is 0 Å². The van der Waals surface area contributed by atoms with E-state index in [1.165, 1.54) is 24.5 Å². The SMILES string of the molecule is CC(=O)OC/C=C1\CC[C@H]2[C@@H]3C[C@H](C)C4=CC5(C=C[C@]4(C)[C@H]3[C@@H](OC3CCCCO3)C[C@]12C)OCCO5. The van der Waals surface area contributed by atoms with Gasteiger partial charge in [-0.2, -0.15) is 0 Å². The van der Waals surface area contributed by atoms with Gasteiger partial charge in [-0.15, -0.1) is 0 Å². The number of ether oxygens (including phenoxy) is 5. The number of hydrogen-bond donors (Lipinski definition) is 0. The van der Waals surface area contributed by atoms with Crippen LogP contribution in [0, 0.1) is 34.5 Å². The van der Waals surface area contributed by atoms with E-state index in [9.17, 15) is 4.79 Å². The Balaban J connectivity index is 1.36. The molecule has 1 spiro atoms. The van der Waals surface area contributed by atoms with Crippen LogP contribution in [-0.4, -0.2) is 50.6 Å². The van der Waals surface area contributed by atoms with Crippen LogP contribution in [0.3, 0.4) is 0 Å². The van der Waals surface area contributed by atoms with Crippen LogP contribution in [-0.2, 0) is 28.5 Å². The molecule has 0 aromatic carbocycles.